The van der Waals surface area contributed by atoms with Crippen molar-refractivity contribution in [3.8, 4) is 0 Å². The van der Waals surface area contributed by atoms with E-state index in [2.05, 4.69) is 21.6 Å². The Morgan fingerprint density at radius 3 is 2.34 bits per heavy atom. The first kappa shape index (κ1) is 26.5. The number of benzene rings is 1. The number of hydrogen-bond donors (Lipinski definition) is 2. The van der Waals surface area contributed by atoms with E-state index in [1.165, 1.54) is 102 Å². The smallest absolute Gasteiger partial charge is 0.246 e. The van der Waals surface area contributed by atoms with Gasteiger partial charge in [-0.1, -0.05) is 94.7 Å². The van der Waals surface area contributed by atoms with Gasteiger partial charge in [0, 0.05) is 16.2 Å². The Labute approximate surface area is 234 Å². The first-order valence-electron chi connectivity index (χ1n) is 15.8. The number of carbonyl (C=O) groups is 1. The number of aliphatic imine (C=N–C) groups is 1. The second-order valence-electron chi connectivity index (χ2n) is 13.0. The van der Waals surface area contributed by atoms with Crippen molar-refractivity contribution in [1.29, 1.82) is 0 Å². The molecule has 38 heavy (non-hydrogen) atoms. The van der Waals surface area contributed by atoms with E-state index < -0.39 is 0 Å². The summed E-state index contributed by atoms with van der Waals surface area (Å²) in [5, 5.41) is 8.01. The molecule has 0 saturated heterocycles. The number of nitrogens with one attached hydrogen (secondary N) is 2. The molecule has 1 aromatic rings. The van der Waals surface area contributed by atoms with Crippen LogP contribution in [0.2, 0.25) is 5.02 Å². The highest BCUT2D eigenvalue weighted by Crippen LogP contribution is 2.48. The summed E-state index contributed by atoms with van der Waals surface area (Å²) in [6.07, 6.45) is 23.9. The molecule has 3 aliphatic carbocycles. The number of fused-ring (bicyclic) bond motifs is 2. The quantitative estimate of drug-likeness (QED) is 0.424. The molecule has 2 aliphatic heterocycles. The Balaban J connectivity index is 1.19. The first-order chi connectivity index (χ1) is 18.6. The summed E-state index contributed by atoms with van der Waals surface area (Å²) in [5.41, 5.74) is 2.44. The van der Waals surface area contributed by atoms with Gasteiger partial charge in [0.25, 0.3) is 0 Å². The maximum atomic E-state index is 13.7. The van der Waals surface area contributed by atoms with Gasteiger partial charge in [0.2, 0.25) is 5.91 Å². The lowest BCUT2D eigenvalue weighted by atomic mass is 9.67. The summed E-state index contributed by atoms with van der Waals surface area (Å²) in [6, 6.07) is 6.51. The van der Waals surface area contributed by atoms with E-state index in [0.29, 0.717) is 18.5 Å². The van der Waals surface area contributed by atoms with Crippen molar-refractivity contribution >= 4 is 29.2 Å². The lowest BCUT2D eigenvalue weighted by molar-refractivity contribution is -0.118. The minimum Gasteiger partial charge on any atom is -0.356 e. The van der Waals surface area contributed by atoms with Crippen molar-refractivity contribution in [1.82, 2.24) is 10.6 Å². The van der Waals surface area contributed by atoms with Gasteiger partial charge in [-0.15, -0.1) is 0 Å². The van der Waals surface area contributed by atoms with Gasteiger partial charge in [-0.25, -0.2) is 4.99 Å². The van der Waals surface area contributed by atoms with Crippen LogP contribution >= 0.6 is 11.6 Å². The molecule has 0 radical (unpaired) electrons. The second-order valence-corrected chi connectivity index (χ2v) is 13.4. The van der Waals surface area contributed by atoms with Crippen LogP contribution in [0, 0.1) is 5.92 Å². The van der Waals surface area contributed by atoms with Gasteiger partial charge in [-0.05, 0) is 68.6 Å². The Morgan fingerprint density at radius 1 is 0.921 bits per heavy atom. The van der Waals surface area contributed by atoms with Crippen LogP contribution in [0.3, 0.4) is 0 Å². The van der Waals surface area contributed by atoms with E-state index in [1.807, 2.05) is 12.1 Å². The third kappa shape index (κ3) is 5.09. The van der Waals surface area contributed by atoms with Gasteiger partial charge in [0.05, 0.1) is 18.1 Å². The van der Waals surface area contributed by atoms with Crippen LogP contribution in [0.25, 0.3) is 0 Å². The van der Waals surface area contributed by atoms with Crippen LogP contribution in [0.15, 0.2) is 23.2 Å². The van der Waals surface area contributed by atoms with E-state index in [-0.39, 0.29) is 17.0 Å². The molecule has 0 bridgehead atoms. The van der Waals surface area contributed by atoms with Crippen LogP contribution in [0.5, 0.6) is 0 Å². The standard InChI is InChI=1S/C32H47ClN4O/c33-26-16-13-17-27-25(26)22-31(19-10-5-6-11-20-31)37(27)23-29(38)35-30-34-28-18-9-12-21-32(28,36-30)24-14-7-3-1-2-4-8-15-24/h13,16-17,24,28H,1-12,14-15,18-23H2,(H2,34,35,36,38). The molecule has 5 aliphatic rings. The average Bonchev–Trinajstić information content (AvgIpc) is 3.37. The van der Waals surface area contributed by atoms with Gasteiger partial charge in [-0.3, -0.25) is 10.1 Å². The number of hydrogen-bond acceptors (Lipinski definition) is 4. The number of amides is 1. The SMILES string of the molecule is O=C(CN1c2cccc(Cl)c2CC12CCCCCC2)NC1=NC2CCCCC2(C2CCCCCCCC2)N1. The normalized spacial score (nSPS) is 29.8. The number of carbonyl (C=O) groups excluding carboxylic acids is 1. The second kappa shape index (κ2) is 11.4. The molecule has 1 spiro atoms. The van der Waals surface area contributed by atoms with Crippen molar-refractivity contribution in [2.24, 2.45) is 10.9 Å². The molecule has 2 unspecified atom stereocenters. The van der Waals surface area contributed by atoms with E-state index in [0.717, 1.165) is 42.4 Å². The maximum absolute atomic E-state index is 13.7. The predicted octanol–water partition coefficient (Wildman–Crippen LogP) is 7.30. The molecule has 6 rings (SSSR count). The number of halogens is 1. The van der Waals surface area contributed by atoms with Crippen molar-refractivity contribution in [2.75, 3.05) is 11.4 Å². The van der Waals surface area contributed by atoms with Crippen molar-refractivity contribution in [2.45, 2.75) is 139 Å². The summed E-state index contributed by atoms with van der Waals surface area (Å²) in [4.78, 5) is 21.3. The minimum atomic E-state index is 0.0126. The lowest BCUT2D eigenvalue weighted by Crippen LogP contribution is -2.60. The van der Waals surface area contributed by atoms with Crippen LogP contribution in [-0.4, -0.2) is 35.5 Å². The van der Waals surface area contributed by atoms with Crippen molar-refractivity contribution in [3.63, 3.8) is 0 Å². The fraction of sp³-hybridized carbons (Fsp3) is 0.750. The molecule has 2 heterocycles. The van der Waals surface area contributed by atoms with Gasteiger partial charge >= 0.3 is 0 Å². The third-order valence-corrected chi connectivity index (χ3v) is 11.0. The third-order valence-electron chi connectivity index (χ3n) is 10.7. The van der Waals surface area contributed by atoms with Gasteiger partial charge < -0.3 is 10.2 Å². The molecule has 1 aromatic carbocycles. The van der Waals surface area contributed by atoms with Gasteiger partial charge in [0.1, 0.15) is 0 Å². The molecule has 3 saturated carbocycles. The predicted molar refractivity (Wildman–Crippen MR) is 157 cm³/mol. The lowest BCUT2D eigenvalue weighted by Gasteiger charge is -2.45. The topological polar surface area (TPSA) is 56.7 Å². The Bertz CT molecular complexity index is 1020. The number of nitrogens with zero attached hydrogens (tertiary/aromatic N) is 2. The summed E-state index contributed by atoms with van der Waals surface area (Å²) >= 11 is 6.69. The fourth-order valence-corrected chi connectivity index (χ4v) is 9.00. The largest absolute Gasteiger partial charge is 0.356 e. The van der Waals surface area contributed by atoms with Crippen LogP contribution < -0.4 is 15.5 Å². The monoisotopic (exact) mass is 538 g/mol. The van der Waals surface area contributed by atoms with Crippen LogP contribution in [-0.2, 0) is 11.2 Å². The molecule has 2 N–H and O–H groups in total. The van der Waals surface area contributed by atoms with E-state index >= 15 is 0 Å². The summed E-state index contributed by atoms with van der Waals surface area (Å²) in [7, 11) is 0. The highest BCUT2D eigenvalue weighted by atomic mass is 35.5. The van der Waals surface area contributed by atoms with Crippen molar-refractivity contribution in [3.05, 3.63) is 28.8 Å². The van der Waals surface area contributed by atoms with Crippen molar-refractivity contribution < 1.29 is 4.79 Å². The summed E-state index contributed by atoms with van der Waals surface area (Å²) in [6.45, 7) is 0.370. The van der Waals surface area contributed by atoms with E-state index in [4.69, 9.17) is 16.6 Å². The molecule has 0 aromatic heterocycles. The fourth-order valence-electron chi connectivity index (χ4n) is 8.76. The molecule has 3 fully saturated rings. The average molecular weight is 539 g/mol. The van der Waals surface area contributed by atoms with Gasteiger partial charge in [-0.2, -0.15) is 0 Å². The highest BCUT2D eigenvalue weighted by Gasteiger charge is 2.51. The number of rotatable bonds is 3. The van der Waals surface area contributed by atoms with Crippen LogP contribution in [0.1, 0.15) is 121 Å². The molecule has 1 amide bonds. The molecule has 6 heteroatoms. The molecular weight excluding hydrogens is 492 g/mol. The zero-order valence-electron chi connectivity index (χ0n) is 23.2. The zero-order chi connectivity index (χ0) is 26.0. The Kier molecular flexibility index (Phi) is 7.94. The molecule has 208 valence electrons. The number of anilines is 1. The minimum absolute atomic E-state index is 0.0126. The Morgan fingerprint density at radius 2 is 1.58 bits per heavy atom. The molecule has 5 nitrogen and oxygen atoms in total. The van der Waals surface area contributed by atoms with Crippen LogP contribution in [0.4, 0.5) is 5.69 Å². The van der Waals surface area contributed by atoms with E-state index in [9.17, 15) is 4.79 Å². The Hall–Kier alpha value is -1.75. The summed E-state index contributed by atoms with van der Waals surface area (Å²) < 4.78 is 0. The number of guanidine groups is 1. The zero-order valence-corrected chi connectivity index (χ0v) is 24.0. The van der Waals surface area contributed by atoms with E-state index in [1.54, 1.807) is 0 Å². The van der Waals surface area contributed by atoms with Gasteiger partial charge in [0.15, 0.2) is 5.96 Å². The highest BCUT2D eigenvalue weighted by molar-refractivity contribution is 6.31. The first-order valence-corrected chi connectivity index (χ1v) is 16.2. The molecular formula is C32H47ClN4O. The maximum Gasteiger partial charge on any atom is 0.246 e. The summed E-state index contributed by atoms with van der Waals surface area (Å²) in [5.74, 6) is 1.45. The molecule has 2 atom stereocenters.